The summed E-state index contributed by atoms with van der Waals surface area (Å²) < 4.78 is 8.41. The van der Waals surface area contributed by atoms with Gasteiger partial charge in [0.2, 0.25) is 0 Å². The van der Waals surface area contributed by atoms with Gasteiger partial charge in [-0.1, -0.05) is 43.5 Å². The molecule has 1 aromatic heterocycles. The third-order valence-corrected chi connectivity index (χ3v) is 9.41. The molecular weight excluding hydrogens is 498 g/mol. The molecule has 2 aliphatic heterocycles. The SMILES string of the molecule is CC(C)OCC1CCCN(CCN2CCn3c(c(C4CCCCC4)c4ccc(C(=O)O)cc43)-c3ccccc32)C1. The van der Waals surface area contributed by atoms with Crippen molar-refractivity contribution in [1.29, 1.82) is 0 Å². The fourth-order valence-electron chi connectivity index (χ4n) is 7.44. The van der Waals surface area contributed by atoms with E-state index in [4.69, 9.17) is 4.74 Å². The first-order chi connectivity index (χ1) is 19.5. The second-order valence-corrected chi connectivity index (χ2v) is 12.5. The number of likely N-dealkylation sites (tertiary alicyclic amines) is 1. The van der Waals surface area contributed by atoms with Crippen LogP contribution >= 0.6 is 0 Å². The van der Waals surface area contributed by atoms with Gasteiger partial charge in [-0.2, -0.15) is 0 Å². The first-order valence-electron chi connectivity index (χ1n) is 15.6. The van der Waals surface area contributed by atoms with E-state index in [1.54, 1.807) is 6.07 Å². The smallest absolute Gasteiger partial charge is 0.335 e. The van der Waals surface area contributed by atoms with Gasteiger partial charge >= 0.3 is 5.97 Å². The van der Waals surface area contributed by atoms with Crippen LogP contribution in [0.25, 0.3) is 22.2 Å². The Morgan fingerprint density at radius 1 is 0.975 bits per heavy atom. The topological polar surface area (TPSA) is 57.9 Å². The lowest BCUT2D eigenvalue weighted by Gasteiger charge is -2.35. The third-order valence-electron chi connectivity index (χ3n) is 9.41. The van der Waals surface area contributed by atoms with Crippen molar-refractivity contribution in [3.05, 3.63) is 53.6 Å². The number of carboxylic acid groups (broad SMARTS) is 1. The number of hydrogen-bond donors (Lipinski definition) is 1. The normalized spacial score (nSPS) is 20.5. The van der Waals surface area contributed by atoms with Crippen molar-refractivity contribution in [2.45, 2.75) is 77.4 Å². The predicted octanol–water partition coefficient (Wildman–Crippen LogP) is 7.01. The Balaban J connectivity index is 1.32. The Morgan fingerprint density at radius 2 is 1.80 bits per heavy atom. The van der Waals surface area contributed by atoms with Crippen LogP contribution in [0.15, 0.2) is 42.5 Å². The van der Waals surface area contributed by atoms with Crippen LogP contribution in [0.3, 0.4) is 0 Å². The van der Waals surface area contributed by atoms with E-state index in [0.29, 0.717) is 23.5 Å². The van der Waals surface area contributed by atoms with Crippen LogP contribution in [0.1, 0.15) is 80.6 Å². The molecule has 0 bridgehead atoms. The first kappa shape index (κ1) is 27.3. The van der Waals surface area contributed by atoms with Crippen LogP contribution in [0.2, 0.25) is 0 Å². The number of anilines is 1. The van der Waals surface area contributed by atoms with Crippen molar-refractivity contribution in [2.24, 2.45) is 5.92 Å². The van der Waals surface area contributed by atoms with Crippen LogP contribution in [0, 0.1) is 5.92 Å². The van der Waals surface area contributed by atoms with Gasteiger partial charge in [0.15, 0.2) is 0 Å². The van der Waals surface area contributed by atoms with Crippen molar-refractivity contribution in [1.82, 2.24) is 9.47 Å². The van der Waals surface area contributed by atoms with Gasteiger partial charge in [-0.05, 0) is 81.7 Å². The molecule has 2 aromatic carbocycles. The van der Waals surface area contributed by atoms with Crippen molar-refractivity contribution in [3.63, 3.8) is 0 Å². The Hall–Kier alpha value is -2.83. The molecule has 1 saturated heterocycles. The van der Waals surface area contributed by atoms with Gasteiger partial charge in [0.1, 0.15) is 0 Å². The van der Waals surface area contributed by atoms with Gasteiger partial charge < -0.3 is 24.2 Å². The Bertz CT molecular complexity index is 1340. The zero-order chi connectivity index (χ0) is 27.6. The molecule has 0 amide bonds. The molecule has 0 spiro atoms. The largest absolute Gasteiger partial charge is 0.478 e. The molecule has 0 radical (unpaired) electrons. The molecule has 6 heteroatoms. The number of aromatic nitrogens is 1. The van der Waals surface area contributed by atoms with E-state index >= 15 is 0 Å². The van der Waals surface area contributed by atoms with Gasteiger partial charge in [-0.15, -0.1) is 0 Å². The number of piperidine rings is 1. The summed E-state index contributed by atoms with van der Waals surface area (Å²) in [6.07, 6.45) is 9.11. The maximum absolute atomic E-state index is 11.9. The molecule has 1 aliphatic carbocycles. The summed E-state index contributed by atoms with van der Waals surface area (Å²) in [4.78, 5) is 17.2. The summed E-state index contributed by atoms with van der Waals surface area (Å²) in [5.41, 5.74) is 6.85. The number of carboxylic acids is 1. The summed E-state index contributed by atoms with van der Waals surface area (Å²) in [5.74, 6) is 0.299. The highest BCUT2D eigenvalue weighted by molar-refractivity contribution is 5.99. The molecular formula is C34H45N3O3. The van der Waals surface area contributed by atoms with Crippen LogP contribution < -0.4 is 4.90 Å². The van der Waals surface area contributed by atoms with Crippen molar-refractivity contribution in [3.8, 4) is 11.3 Å². The monoisotopic (exact) mass is 543 g/mol. The van der Waals surface area contributed by atoms with E-state index in [1.807, 2.05) is 6.07 Å². The van der Waals surface area contributed by atoms with Crippen LogP contribution in [0.4, 0.5) is 5.69 Å². The molecule has 1 saturated carbocycles. The molecule has 3 aromatic rings. The van der Waals surface area contributed by atoms with Crippen molar-refractivity contribution >= 4 is 22.6 Å². The van der Waals surface area contributed by atoms with E-state index in [0.717, 1.165) is 44.8 Å². The van der Waals surface area contributed by atoms with E-state index in [2.05, 4.69) is 58.5 Å². The van der Waals surface area contributed by atoms with Gasteiger partial charge in [-0.3, -0.25) is 0 Å². The van der Waals surface area contributed by atoms with Crippen LogP contribution in [-0.4, -0.2) is 66.0 Å². The number of fused-ring (bicyclic) bond motifs is 5. The molecule has 3 heterocycles. The van der Waals surface area contributed by atoms with E-state index in [9.17, 15) is 9.90 Å². The second kappa shape index (κ2) is 12.0. The number of aromatic carboxylic acids is 1. The van der Waals surface area contributed by atoms with Crippen LogP contribution in [0.5, 0.6) is 0 Å². The standard InChI is InChI=1S/C34H45N3O3/c1-24(2)40-23-25-9-8-16-35(22-25)17-18-36-19-20-37-31-21-27(34(38)39)14-15-28(31)32(26-10-4-3-5-11-26)33(37)29-12-6-7-13-30(29)36/h6-7,12-15,21,24-26H,3-5,8-11,16-20,22-23H2,1-2H3,(H,38,39). The van der Waals surface area contributed by atoms with Crippen molar-refractivity contribution in [2.75, 3.05) is 44.2 Å². The summed E-state index contributed by atoms with van der Waals surface area (Å²) in [6.45, 7) is 11.2. The number of rotatable bonds is 8. The number of benzene rings is 2. The summed E-state index contributed by atoms with van der Waals surface area (Å²) >= 11 is 0. The van der Waals surface area contributed by atoms with Gasteiger partial charge in [0, 0.05) is 54.9 Å². The molecule has 214 valence electrons. The number of nitrogens with zero attached hydrogens (tertiary/aromatic N) is 3. The number of hydrogen-bond acceptors (Lipinski definition) is 4. The summed E-state index contributed by atoms with van der Waals surface area (Å²) in [6, 6.07) is 14.7. The number of para-hydroxylation sites is 1. The minimum absolute atomic E-state index is 0.294. The van der Waals surface area contributed by atoms with E-state index < -0.39 is 5.97 Å². The zero-order valence-electron chi connectivity index (χ0n) is 24.3. The van der Waals surface area contributed by atoms with Gasteiger partial charge in [-0.25, -0.2) is 4.79 Å². The Kier molecular flexibility index (Phi) is 8.17. The average Bonchev–Trinajstić information content (AvgIpc) is 3.20. The molecule has 6 nitrogen and oxygen atoms in total. The number of ether oxygens (including phenoxy) is 1. The summed E-state index contributed by atoms with van der Waals surface area (Å²) in [7, 11) is 0. The minimum atomic E-state index is -0.856. The van der Waals surface area contributed by atoms with Crippen LogP contribution in [-0.2, 0) is 11.3 Å². The highest BCUT2D eigenvalue weighted by Crippen LogP contribution is 2.47. The highest BCUT2D eigenvalue weighted by atomic mass is 16.5. The maximum Gasteiger partial charge on any atom is 0.335 e. The lowest BCUT2D eigenvalue weighted by molar-refractivity contribution is 0.0266. The Labute approximate surface area is 238 Å². The molecule has 1 unspecified atom stereocenters. The fraction of sp³-hybridized carbons (Fsp3) is 0.559. The lowest BCUT2D eigenvalue weighted by Crippen LogP contribution is -2.42. The van der Waals surface area contributed by atoms with Crippen molar-refractivity contribution < 1.29 is 14.6 Å². The summed E-state index contributed by atoms with van der Waals surface area (Å²) in [5, 5.41) is 11.1. The maximum atomic E-state index is 11.9. The second-order valence-electron chi connectivity index (χ2n) is 12.5. The fourth-order valence-corrected chi connectivity index (χ4v) is 7.44. The van der Waals surface area contributed by atoms with E-state index in [-0.39, 0.29) is 0 Å². The average molecular weight is 544 g/mol. The molecule has 3 aliphatic rings. The third kappa shape index (κ3) is 5.53. The predicted molar refractivity (Wildman–Crippen MR) is 163 cm³/mol. The van der Waals surface area contributed by atoms with Gasteiger partial charge in [0.05, 0.1) is 24.0 Å². The van der Waals surface area contributed by atoms with E-state index in [1.165, 1.54) is 79.4 Å². The molecule has 1 N–H and O–H groups in total. The molecule has 1 atom stereocenters. The lowest BCUT2D eigenvalue weighted by atomic mass is 9.81. The molecule has 2 fully saturated rings. The first-order valence-corrected chi connectivity index (χ1v) is 15.6. The number of carbonyl (C=O) groups is 1. The highest BCUT2D eigenvalue weighted by Gasteiger charge is 2.31. The minimum Gasteiger partial charge on any atom is -0.478 e. The Morgan fingerprint density at radius 3 is 2.60 bits per heavy atom. The molecule has 40 heavy (non-hydrogen) atoms. The zero-order valence-corrected chi connectivity index (χ0v) is 24.3. The van der Waals surface area contributed by atoms with Gasteiger partial charge in [0.25, 0.3) is 0 Å². The molecule has 6 rings (SSSR count). The quantitative estimate of drug-likeness (QED) is 0.331.